The molecule has 0 amide bonds. The van der Waals surface area contributed by atoms with Crippen molar-refractivity contribution in [1.29, 1.82) is 0 Å². The number of rotatable bonds is 10. The van der Waals surface area contributed by atoms with Crippen molar-refractivity contribution >= 4 is 28.2 Å². The number of hydrogen-bond acceptors (Lipinski definition) is 7. The smallest absolute Gasteiger partial charge is 0.323 e. The zero-order valence-electron chi connectivity index (χ0n) is 23.8. The molecule has 9 nitrogen and oxygen atoms in total. The highest BCUT2D eigenvalue weighted by Crippen LogP contribution is 2.33. The Morgan fingerprint density at radius 1 is 1.17 bits per heavy atom. The molecule has 1 aliphatic heterocycles. The first-order valence-corrected chi connectivity index (χ1v) is 15.0. The van der Waals surface area contributed by atoms with Gasteiger partial charge < -0.3 is 10.5 Å². The summed E-state index contributed by atoms with van der Waals surface area (Å²) < 4.78 is 9.29. The minimum absolute atomic E-state index is 0.0775. The molecule has 214 valence electrons. The average Bonchev–Trinajstić information content (AvgIpc) is 3.57. The first kappa shape index (κ1) is 27.2. The van der Waals surface area contributed by atoms with Crippen LogP contribution in [0.4, 0.5) is 5.82 Å². The van der Waals surface area contributed by atoms with Crippen LogP contribution in [0.15, 0.2) is 60.6 Å². The van der Waals surface area contributed by atoms with Gasteiger partial charge in [0.15, 0.2) is 5.82 Å². The van der Waals surface area contributed by atoms with Crippen LogP contribution in [0.25, 0.3) is 27.5 Å². The molecule has 2 N–H and O–H groups in total. The van der Waals surface area contributed by atoms with Crippen molar-refractivity contribution < 1.29 is 9.53 Å². The van der Waals surface area contributed by atoms with E-state index in [1.54, 1.807) is 0 Å². The van der Waals surface area contributed by atoms with Crippen LogP contribution in [-0.2, 0) is 22.5 Å². The van der Waals surface area contributed by atoms with E-state index >= 15 is 0 Å². The lowest BCUT2D eigenvalue weighted by Gasteiger charge is -2.33. The first-order valence-electron chi connectivity index (χ1n) is 15.0. The van der Waals surface area contributed by atoms with Crippen LogP contribution in [0.1, 0.15) is 57.6 Å². The largest absolute Gasteiger partial charge is 0.465 e. The maximum absolute atomic E-state index is 12.4. The Bertz CT molecular complexity index is 1600. The van der Waals surface area contributed by atoms with Crippen molar-refractivity contribution in [3.63, 3.8) is 0 Å². The molecule has 3 aromatic heterocycles. The van der Waals surface area contributed by atoms with Crippen molar-refractivity contribution in [2.75, 3.05) is 25.4 Å². The monoisotopic (exact) mass is 553 g/mol. The molecule has 9 heteroatoms. The van der Waals surface area contributed by atoms with E-state index in [0.717, 1.165) is 104 Å². The Hall–Kier alpha value is -3.98. The molecule has 1 fully saturated rings. The number of anilines is 1. The topological polar surface area (TPSA) is 104 Å². The highest BCUT2D eigenvalue weighted by atomic mass is 16.5. The Labute approximate surface area is 240 Å². The van der Waals surface area contributed by atoms with E-state index in [0.29, 0.717) is 12.4 Å². The number of nitrogen functional groups attached to an aromatic ring is 1. The number of benzene rings is 1. The third kappa shape index (κ3) is 5.91. The molecule has 1 aromatic carbocycles. The van der Waals surface area contributed by atoms with E-state index in [1.165, 1.54) is 11.9 Å². The second-order valence-electron chi connectivity index (χ2n) is 11.1. The number of likely N-dealkylation sites (tertiary alicyclic amines) is 1. The number of hydrogen-bond donors (Lipinski definition) is 1. The molecule has 2 aliphatic rings. The number of nitrogens with zero attached hydrogens (tertiary/aromatic N) is 6. The summed E-state index contributed by atoms with van der Waals surface area (Å²) in [4.78, 5) is 19.1. The molecule has 1 aliphatic carbocycles. The highest BCUT2D eigenvalue weighted by molar-refractivity contribution is 5.92. The Morgan fingerprint density at radius 2 is 2.10 bits per heavy atom. The van der Waals surface area contributed by atoms with Crippen LogP contribution >= 0.6 is 0 Å². The number of fused-ring (bicyclic) bond motifs is 2. The summed E-state index contributed by atoms with van der Waals surface area (Å²) in [6.45, 7) is 4.93. The first-order chi connectivity index (χ1) is 20.1. The minimum Gasteiger partial charge on any atom is -0.465 e. The molecule has 0 radical (unpaired) electrons. The van der Waals surface area contributed by atoms with Gasteiger partial charge in [-0.05, 0) is 88.2 Å². The lowest BCUT2D eigenvalue weighted by atomic mass is 10.0. The number of unbranched alkanes of at least 4 members (excludes halogenated alkanes) is 1. The minimum atomic E-state index is -0.105. The molecular weight excluding hydrogens is 514 g/mol. The van der Waals surface area contributed by atoms with Crippen LogP contribution in [-0.4, -0.2) is 61.0 Å². The van der Waals surface area contributed by atoms with Gasteiger partial charge in [0.25, 0.3) is 0 Å². The third-order valence-corrected chi connectivity index (χ3v) is 8.24. The molecule has 0 spiro atoms. The highest BCUT2D eigenvalue weighted by Gasteiger charge is 2.29. The lowest BCUT2D eigenvalue weighted by Crippen LogP contribution is -2.45. The number of carbonyl (C=O) groups excluding carboxylic acids is 1. The van der Waals surface area contributed by atoms with E-state index in [2.05, 4.69) is 63.7 Å². The fourth-order valence-corrected chi connectivity index (χ4v) is 6.20. The molecule has 0 bridgehead atoms. The van der Waals surface area contributed by atoms with Crippen molar-refractivity contribution in [3.8, 4) is 11.1 Å². The summed E-state index contributed by atoms with van der Waals surface area (Å²) in [5.41, 5.74) is 12.7. The van der Waals surface area contributed by atoms with Gasteiger partial charge in [-0.1, -0.05) is 36.8 Å². The number of aromatic nitrogens is 5. The summed E-state index contributed by atoms with van der Waals surface area (Å²) in [5.74, 6) is 0.389. The van der Waals surface area contributed by atoms with Crippen molar-refractivity contribution in [2.24, 2.45) is 0 Å². The normalized spacial score (nSPS) is 17.8. The van der Waals surface area contributed by atoms with E-state index in [-0.39, 0.29) is 12.0 Å². The Morgan fingerprint density at radius 3 is 2.95 bits per heavy atom. The summed E-state index contributed by atoms with van der Waals surface area (Å²) >= 11 is 0. The summed E-state index contributed by atoms with van der Waals surface area (Å²) in [6, 6.07) is 8.48. The van der Waals surface area contributed by atoms with Crippen LogP contribution in [0.3, 0.4) is 0 Å². The van der Waals surface area contributed by atoms with Gasteiger partial charge in [0, 0.05) is 22.8 Å². The number of allylic oxidation sites excluding steroid dienone is 4. The van der Waals surface area contributed by atoms with Crippen LogP contribution in [0, 0.1) is 0 Å². The fraction of sp³-hybridized carbons (Fsp3) is 0.438. The average molecular weight is 554 g/mol. The predicted octanol–water partition coefficient (Wildman–Crippen LogP) is 5.34. The summed E-state index contributed by atoms with van der Waals surface area (Å²) in [5, 5.41) is 10.5. The van der Waals surface area contributed by atoms with Gasteiger partial charge in [0.05, 0.1) is 18.7 Å². The van der Waals surface area contributed by atoms with E-state index in [1.807, 2.05) is 16.1 Å². The lowest BCUT2D eigenvalue weighted by molar-refractivity contribution is -0.150. The molecule has 6 rings (SSSR count). The Balaban J connectivity index is 1.19. The maximum Gasteiger partial charge on any atom is 0.323 e. The number of piperidine rings is 1. The van der Waals surface area contributed by atoms with Crippen molar-refractivity contribution in [2.45, 2.75) is 70.9 Å². The summed E-state index contributed by atoms with van der Waals surface area (Å²) in [6.07, 6.45) is 18.5. The molecule has 1 atom stereocenters. The quantitative estimate of drug-likeness (QED) is 0.209. The van der Waals surface area contributed by atoms with Crippen LogP contribution in [0.5, 0.6) is 0 Å². The van der Waals surface area contributed by atoms with Gasteiger partial charge in [-0.3, -0.25) is 14.4 Å². The van der Waals surface area contributed by atoms with Crippen molar-refractivity contribution in [3.05, 3.63) is 66.3 Å². The molecule has 4 heterocycles. The van der Waals surface area contributed by atoms with E-state index in [9.17, 15) is 4.79 Å². The van der Waals surface area contributed by atoms with Crippen LogP contribution < -0.4 is 5.73 Å². The van der Waals surface area contributed by atoms with Gasteiger partial charge in [-0.2, -0.15) is 10.2 Å². The summed E-state index contributed by atoms with van der Waals surface area (Å²) in [7, 11) is 0. The number of nitrogens with two attached hydrogens (primary N) is 1. The van der Waals surface area contributed by atoms with E-state index < -0.39 is 0 Å². The fourth-order valence-electron chi connectivity index (χ4n) is 6.20. The maximum atomic E-state index is 12.4. The third-order valence-electron chi connectivity index (χ3n) is 8.24. The van der Waals surface area contributed by atoms with Gasteiger partial charge in [-0.15, -0.1) is 0 Å². The Kier molecular flexibility index (Phi) is 8.14. The number of aryl methyl sites for hydroxylation is 1. The SMILES string of the molecule is CCOC(=O)C1CCCCN1CCCCc1cc(-c2ccc3cn(CC4=CCCC=C4)nc3c2)c2c(N)ncnn12. The zero-order chi connectivity index (χ0) is 28.2. The van der Waals surface area contributed by atoms with Crippen molar-refractivity contribution in [1.82, 2.24) is 29.3 Å². The molecule has 4 aromatic rings. The molecular formula is C32H39N7O2. The molecule has 0 saturated carbocycles. The standard InChI is InChI=1S/C32H39N7O2/c1-2-41-32(40)29-13-7-9-17-37(29)16-8-6-12-26-19-27(30-31(33)34-22-35-39(26)30)24-14-15-25-21-38(36-28(25)18-24)20-23-10-4-3-5-11-23/h4,10-11,14-15,18-19,21-22,29H,2-3,5-9,12-13,16-17,20H2,1H3,(H2,33,34,35). The zero-order valence-corrected chi connectivity index (χ0v) is 23.8. The van der Waals surface area contributed by atoms with Crippen LogP contribution in [0.2, 0.25) is 0 Å². The number of carbonyl (C=O) groups is 1. The van der Waals surface area contributed by atoms with Gasteiger partial charge >= 0.3 is 5.97 Å². The van der Waals surface area contributed by atoms with Gasteiger partial charge in [0.1, 0.15) is 17.9 Å². The van der Waals surface area contributed by atoms with Gasteiger partial charge in [-0.25, -0.2) is 9.50 Å². The molecule has 1 saturated heterocycles. The molecule has 1 unspecified atom stereocenters. The predicted molar refractivity (Wildman–Crippen MR) is 161 cm³/mol. The molecule has 41 heavy (non-hydrogen) atoms. The number of esters is 1. The second-order valence-corrected chi connectivity index (χ2v) is 11.1. The van der Waals surface area contributed by atoms with E-state index in [4.69, 9.17) is 15.6 Å². The van der Waals surface area contributed by atoms with Gasteiger partial charge in [0.2, 0.25) is 0 Å². The number of ether oxygens (including phenoxy) is 1. The second kappa shape index (κ2) is 12.3.